The minimum atomic E-state index is -0.223. The van der Waals surface area contributed by atoms with Gasteiger partial charge < -0.3 is 0 Å². The van der Waals surface area contributed by atoms with E-state index in [-0.39, 0.29) is 5.54 Å². The summed E-state index contributed by atoms with van der Waals surface area (Å²) in [7, 11) is 0. The van der Waals surface area contributed by atoms with E-state index < -0.39 is 0 Å². The van der Waals surface area contributed by atoms with Crippen molar-refractivity contribution in [3.05, 3.63) is 0 Å². The number of carbonyl (C=O) groups excluding carboxylic acids is 1. The van der Waals surface area contributed by atoms with Crippen LogP contribution in [0.1, 0.15) is 59.8 Å². The Morgan fingerprint density at radius 1 is 1.25 bits per heavy atom. The molecule has 0 saturated heterocycles. The Kier molecular flexibility index (Phi) is 4.97. The molecule has 0 bridgehead atoms. The second-order valence-corrected chi connectivity index (χ2v) is 5.22. The van der Waals surface area contributed by atoms with Gasteiger partial charge in [0.2, 0.25) is 0 Å². The lowest BCUT2D eigenvalue weighted by atomic mass is 9.77. The van der Waals surface area contributed by atoms with Crippen molar-refractivity contribution in [1.29, 1.82) is 0 Å². The van der Waals surface area contributed by atoms with Crippen LogP contribution in [0, 0.1) is 5.92 Å². The van der Waals surface area contributed by atoms with E-state index in [1.807, 2.05) is 0 Å². The number of Topliss-reactive ketones (excluding diaryl/α,β-unsaturated/α-hetero) is 1. The van der Waals surface area contributed by atoms with Crippen LogP contribution in [0.3, 0.4) is 0 Å². The van der Waals surface area contributed by atoms with Crippen molar-refractivity contribution in [2.24, 2.45) is 5.92 Å². The number of hydrogen-bond acceptors (Lipinski definition) is 2. The third-order valence-corrected chi connectivity index (χ3v) is 4.45. The van der Waals surface area contributed by atoms with Crippen molar-refractivity contribution in [2.75, 3.05) is 13.1 Å². The molecule has 0 amide bonds. The zero-order valence-corrected chi connectivity index (χ0v) is 11.4. The molecule has 0 radical (unpaired) electrons. The highest BCUT2D eigenvalue weighted by Crippen LogP contribution is 2.33. The van der Waals surface area contributed by atoms with E-state index >= 15 is 0 Å². The Hall–Kier alpha value is -0.370. The van der Waals surface area contributed by atoms with Gasteiger partial charge in [-0.1, -0.05) is 40.0 Å². The third kappa shape index (κ3) is 2.65. The van der Waals surface area contributed by atoms with E-state index in [2.05, 4.69) is 32.6 Å². The van der Waals surface area contributed by atoms with Gasteiger partial charge in [0.05, 0.1) is 5.54 Å². The van der Waals surface area contributed by atoms with Crippen LogP contribution < -0.4 is 0 Å². The van der Waals surface area contributed by atoms with Gasteiger partial charge in [0, 0.05) is 6.42 Å². The molecule has 1 atom stereocenters. The maximum atomic E-state index is 12.4. The summed E-state index contributed by atoms with van der Waals surface area (Å²) in [6, 6.07) is 0. The summed E-state index contributed by atoms with van der Waals surface area (Å²) in [5.74, 6) is 1.15. The van der Waals surface area contributed by atoms with Crippen molar-refractivity contribution < 1.29 is 4.79 Å². The molecular weight excluding hydrogens is 198 g/mol. The largest absolute Gasteiger partial charge is 0.298 e. The summed E-state index contributed by atoms with van der Waals surface area (Å²) in [6.45, 7) is 10.5. The molecule has 0 spiro atoms. The molecule has 0 N–H and O–H groups in total. The molecule has 2 heteroatoms. The molecule has 0 aromatic carbocycles. The number of hydrogen-bond donors (Lipinski definition) is 0. The van der Waals surface area contributed by atoms with Gasteiger partial charge in [-0.05, 0) is 32.4 Å². The lowest BCUT2D eigenvalue weighted by molar-refractivity contribution is -0.132. The Bertz CT molecular complexity index is 231. The third-order valence-electron chi connectivity index (χ3n) is 4.45. The zero-order valence-electron chi connectivity index (χ0n) is 11.4. The van der Waals surface area contributed by atoms with Crippen LogP contribution in [0.5, 0.6) is 0 Å². The van der Waals surface area contributed by atoms with E-state index in [0.29, 0.717) is 11.7 Å². The predicted molar refractivity (Wildman–Crippen MR) is 68.6 cm³/mol. The fourth-order valence-corrected chi connectivity index (χ4v) is 2.70. The topological polar surface area (TPSA) is 20.3 Å². The first-order valence-corrected chi connectivity index (χ1v) is 6.86. The average Bonchev–Trinajstić information content (AvgIpc) is 2.24. The SMILES string of the molecule is CCN(CC)C(C)(CC)C(=O)CC1CCC1. The second-order valence-electron chi connectivity index (χ2n) is 5.22. The first-order chi connectivity index (χ1) is 7.58. The van der Waals surface area contributed by atoms with Crippen LogP contribution in [0.2, 0.25) is 0 Å². The fourth-order valence-electron chi connectivity index (χ4n) is 2.70. The number of nitrogens with zero attached hydrogens (tertiary/aromatic N) is 1. The number of ketones is 1. The summed E-state index contributed by atoms with van der Waals surface area (Å²) in [5, 5.41) is 0. The van der Waals surface area contributed by atoms with Gasteiger partial charge in [0.25, 0.3) is 0 Å². The van der Waals surface area contributed by atoms with E-state index in [1.165, 1.54) is 19.3 Å². The summed E-state index contributed by atoms with van der Waals surface area (Å²) in [6.07, 6.45) is 5.60. The molecule has 16 heavy (non-hydrogen) atoms. The number of likely N-dealkylation sites (N-methyl/N-ethyl adjacent to an activating group) is 1. The normalized spacial score (nSPS) is 20.6. The van der Waals surface area contributed by atoms with Gasteiger partial charge in [0.1, 0.15) is 0 Å². The summed E-state index contributed by atoms with van der Waals surface area (Å²) in [5.41, 5.74) is -0.223. The molecule has 94 valence electrons. The van der Waals surface area contributed by atoms with Crippen LogP contribution >= 0.6 is 0 Å². The van der Waals surface area contributed by atoms with Gasteiger partial charge >= 0.3 is 0 Å². The van der Waals surface area contributed by atoms with Crippen molar-refractivity contribution in [2.45, 2.75) is 65.3 Å². The number of carbonyl (C=O) groups is 1. The summed E-state index contributed by atoms with van der Waals surface area (Å²) < 4.78 is 0. The van der Waals surface area contributed by atoms with Crippen LogP contribution in [0.15, 0.2) is 0 Å². The molecule has 1 fully saturated rings. The minimum absolute atomic E-state index is 0.223. The van der Waals surface area contributed by atoms with Crippen molar-refractivity contribution in [3.63, 3.8) is 0 Å². The number of rotatable bonds is 7. The van der Waals surface area contributed by atoms with Crippen LogP contribution in [-0.2, 0) is 4.79 Å². The van der Waals surface area contributed by atoms with Crippen molar-refractivity contribution in [3.8, 4) is 0 Å². The molecule has 1 rings (SSSR count). The van der Waals surface area contributed by atoms with Crippen LogP contribution in [0.4, 0.5) is 0 Å². The molecule has 1 saturated carbocycles. The standard InChI is InChI=1S/C14H27NO/c1-5-14(4,15(6-2)7-3)13(16)11-12-9-8-10-12/h12H,5-11H2,1-4H3. The highest BCUT2D eigenvalue weighted by atomic mass is 16.1. The average molecular weight is 225 g/mol. The van der Waals surface area contributed by atoms with Crippen molar-refractivity contribution in [1.82, 2.24) is 4.90 Å². The van der Waals surface area contributed by atoms with E-state index in [1.54, 1.807) is 0 Å². The maximum absolute atomic E-state index is 12.4. The van der Waals surface area contributed by atoms with Gasteiger partial charge in [-0.3, -0.25) is 9.69 Å². The molecule has 1 aliphatic rings. The zero-order chi connectivity index (χ0) is 12.2. The highest BCUT2D eigenvalue weighted by Gasteiger charge is 2.37. The second kappa shape index (κ2) is 5.81. The fraction of sp³-hybridized carbons (Fsp3) is 0.929. The van der Waals surface area contributed by atoms with E-state index in [0.717, 1.165) is 25.9 Å². The minimum Gasteiger partial charge on any atom is -0.298 e. The monoisotopic (exact) mass is 225 g/mol. The molecule has 0 aliphatic heterocycles. The van der Waals surface area contributed by atoms with Crippen LogP contribution in [0.25, 0.3) is 0 Å². The Morgan fingerprint density at radius 3 is 2.12 bits per heavy atom. The quantitative estimate of drug-likeness (QED) is 0.663. The lowest BCUT2D eigenvalue weighted by Crippen LogP contribution is -2.52. The molecule has 0 heterocycles. The summed E-state index contributed by atoms with van der Waals surface area (Å²) >= 11 is 0. The molecule has 0 aromatic rings. The van der Waals surface area contributed by atoms with Gasteiger partial charge in [-0.2, -0.15) is 0 Å². The smallest absolute Gasteiger partial charge is 0.153 e. The van der Waals surface area contributed by atoms with Gasteiger partial charge in [-0.25, -0.2) is 0 Å². The van der Waals surface area contributed by atoms with Crippen LogP contribution in [-0.4, -0.2) is 29.3 Å². The van der Waals surface area contributed by atoms with E-state index in [4.69, 9.17) is 0 Å². The lowest BCUT2D eigenvalue weighted by Gasteiger charge is -2.40. The first kappa shape index (κ1) is 13.7. The summed E-state index contributed by atoms with van der Waals surface area (Å²) in [4.78, 5) is 14.7. The van der Waals surface area contributed by atoms with Gasteiger partial charge in [0.15, 0.2) is 5.78 Å². The first-order valence-electron chi connectivity index (χ1n) is 6.86. The maximum Gasteiger partial charge on any atom is 0.153 e. The highest BCUT2D eigenvalue weighted by molar-refractivity contribution is 5.88. The Labute approximate surface area is 100 Å². The Morgan fingerprint density at radius 2 is 1.81 bits per heavy atom. The molecular formula is C14H27NO. The van der Waals surface area contributed by atoms with E-state index in [9.17, 15) is 4.79 Å². The molecule has 0 aromatic heterocycles. The Balaban J connectivity index is 2.64. The van der Waals surface area contributed by atoms with Gasteiger partial charge in [-0.15, -0.1) is 0 Å². The predicted octanol–water partition coefficient (Wildman–Crippen LogP) is 3.26. The molecule has 1 unspecified atom stereocenters. The molecule has 1 aliphatic carbocycles. The van der Waals surface area contributed by atoms with Crippen molar-refractivity contribution >= 4 is 5.78 Å². The molecule has 2 nitrogen and oxygen atoms in total.